The highest BCUT2D eigenvalue weighted by Gasteiger charge is 2.27. The zero-order chi connectivity index (χ0) is 24.6. The summed E-state index contributed by atoms with van der Waals surface area (Å²) in [6.07, 6.45) is 2.57. The van der Waals surface area contributed by atoms with Crippen LogP contribution in [-0.2, 0) is 10.0 Å². The highest BCUT2D eigenvalue weighted by molar-refractivity contribution is 7.92. The van der Waals surface area contributed by atoms with Crippen molar-refractivity contribution in [2.45, 2.75) is 4.90 Å². The van der Waals surface area contributed by atoms with Gasteiger partial charge in [-0.3, -0.25) is 14.1 Å². The highest BCUT2D eigenvalue weighted by atomic mass is 35.5. The summed E-state index contributed by atoms with van der Waals surface area (Å²) in [4.78, 5) is 16.7. The van der Waals surface area contributed by atoms with E-state index in [0.29, 0.717) is 10.4 Å². The number of hydrogen-bond acceptors (Lipinski definition) is 6. The minimum Gasteiger partial charge on any atom is -0.497 e. The number of ether oxygens (including phenoxy) is 2. The number of nitrogens with one attached hydrogen (secondary N) is 1. The predicted molar refractivity (Wildman–Crippen MR) is 121 cm³/mol. The topological polar surface area (TPSA) is 99.5 Å². The van der Waals surface area contributed by atoms with Crippen LogP contribution in [0.5, 0.6) is 11.5 Å². The Morgan fingerprint density at radius 3 is 2.56 bits per heavy atom. The first-order chi connectivity index (χ1) is 16.2. The highest BCUT2D eigenvalue weighted by Crippen LogP contribution is 2.31. The first kappa shape index (κ1) is 23.5. The summed E-state index contributed by atoms with van der Waals surface area (Å²) in [5.41, 5.74) is -1.48. The fourth-order valence-electron chi connectivity index (χ4n) is 3.30. The van der Waals surface area contributed by atoms with Gasteiger partial charge in [0.15, 0.2) is 5.82 Å². The van der Waals surface area contributed by atoms with E-state index < -0.39 is 38.8 Å². The monoisotopic (exact) mass is 507 g/mol. The van der Waals surface area contributed by atoms with E-state index in [0.717, 1.165) is 16.7 Å². The molecule has 0 amide bonds. The van der Waals surface area contributed by atoms with Gasteiger partial charge in [0, 0.05) is 23.8 Å². The Morgan fingerprint density at radius 1 is 1.09 bits per heavy atom. The lowest BCUT2D eigenvalue weighted by atomic mass is 10.1. The molecule has 0 atom stereocenters. The molecule has 0 bridgehead atoms. The number of halogens is 3. The number of carbonyl (C=O) groups excluding carboxylic acids is 1. The molecule has 0 radical (unpaired) electrons. The van der Waals surface area contributed by atoms with E-state index in [9.17, 15) is 17.6 Å². The fraction of sp³-hybridized carbons (Fsp3) is 0.0909. The van der Waals surface area contributed by atoms with Gasteiger partial charge in [-0.05, 0) is 36.4 Å². The maximum Gasteiger partial charge on any atom is 0.269 e. The van der Waals surface area contributed by atoms with Crippen molar-refractivity contribution >= 4 is 44.3 Å². The number of pyridine rings is 1. The van der Waals surface area contributed by atoms with E-state index >= 15 is 4.39 Å². The van der Waals surface area contributed by atoms with Crippen molar-refractivity contribution in [3.05, 3.63) is 77.1 Å². The minimum absolute atomic E-state index is 0.0318. The molecule has 0 saturated heterocycles. The molecule has 0 spiro atoms. The third-order valence-corrected chi connectivity index (χ3v) is 6.51. The first-order valence-corrected chi connectivity index (χ1v) is 11.4. The van der Waals surface area contributed by atoms with E-state index in [1.165, 1.54) is 56.9 Å². The van der Waals surface area contributed by atoms with Gasteiger partial charge in [-0.1, -0.05) is 11.6 Å². The van der Waals surface area contributed by atoms with Crippen LogP contribution in [0.4, 0.5) is 14.5 Å². The Bertz CT molecular complexity index is 1540. The Balaban J connectivity index is 1.77. The molecule has 1 N–H and O–H groups in total. The zero-order valence-corrected chi connectivity index (χ0v) is 19.2. The smallest absolute Gasteiger partial charge is 0.269 e. The van der Waals surface area contributed by atoms with Crippen molar-refractivity contribution in [2.24, 2.45) is 0 Å². The second-order valence-electron chi connectivity index (χ2n) is 6.96. The van der Waals surface area contributed by atoms with Gasteiger partial charge in [0.25, 0.3) is 15.9 Å². The lowest BCUT2D eigenvalue weighted by Crippen LogP contribution is -2.19. The summed E-state index contributed by atoms with van der Waals surface area (Å²) < 4.78 is 69.0. The number of nitrogens with zero attached hydrogens (tertiary/aromatic N) is 2. The van der Waals surface area contributed by atoms with Crippen LogP contribution in [0.15, 0.2) is 59.8 Å². The predicted octanol–water partition coefficient (Wildman–Crippen LogP) is 4.47. The Morgan fingerprint density at radius 2 is 1.85 bits per heavy atom. The van der Waals surface area contributed by atoms with Crippen molar-refractivity contribution in [1.82, 2.24) is 9.55 Å². The summed E-state index contributed by atoms with van der Waals surface area (Å²) in [5.74, 6) is -3.48. The van der Waals surface area contributed by atoms with E-state index in [1.807, 2.05) is 4.72 Å². The molecule has 0 fully saturated rings. The molecule has 0 aliphatic carbocycles. The number of rotatable bonds is 6. The molecule has 34 heavy (non-hydrogen) atoms. The number of fused-ring (bicyclic) bond motifs is 1. The van der Waals surface area contributed by atoms with Crippen LogP contribution < -0.4 is 14.2 Å². The Hall–Kier alpha value is -3.70. The summed E-state index contributed by atoms with van der Waals surface area (Å²) in [6.45, 7) is 0. The largest absolute Gasteiger partial charge is 0.497 e. The third-order valence-electron chi connectivity index (χ3n) is 4.92. The molecule has 2 aromatic heterocycles. The number of hydrogen-bond donors (Lipinski definition) is 1. The maximum atomic E-state index is 15.3. The van der Waals surface area contributed by atoms with Gasteiger partial charge >= 0.3 is 0 Å². The van der Waals surface area contributed by atoms with Gasteiger partial charge in [0.1, 0.15) is 33.4 Å². The van der Waals surface area contributed by atoms with Gasteiger partial charge in [-0.15, -0.1) is 0 Å². The van der Waals surface area contributed by atoms with Gasteiger partial charge in [0.2, 0.25) is 0 Å². The SMILES string of the molecule is COc1ccc(OC)c(S(=O)(=O)Nc2ccc(F)c(C(=O)n3ccc4cc(Cl)cnc43)c2F)c1. The Labute approximate surface area is 197 Å². The number of aromatic nitrogens is 2. The Kier molecular flexibility index (Phi) is 6.15. The molecule has 176 valence electrons. The quantitative estimate of drug-likeness (QED) is 0.413. The average Bonchev–Trinajstić information content (AvgIpc) is 3.23. The second kappa shape index (κ2) is 8.92. The molecule has 0 aliphatic heterocycles. The van der Waals surface area contributed by atoms with Crippen molar-refractivity contribution in [3.8, 4) is 11.5 Å². The fourth-order valence-corrected chi connectivity index (χ4v) is 4.71. The van der Waals surface area contributed by atoms with Gasteiger partial charge in [0.05, 0.1) is 24.9 Å². The molecule has 0 aliphatic rings. The van der Waals surface area contributed by atoms with Crippen molar-refractivity contribution in [1.29, 1.82) is 0 Å². The molecule has 2 heterocycles. The molecule has 4 aromatic rings. The van der Waals surface area contributed by atoms with Crippen molar-refractivity contribution < 1.29 is 31.5 Å². The van der Waals surface area contributed by atoms with Crippen LogP contribution in [0.2, 0.25) is 5.02 Å². The number of benzene rings is 2. The standard InChI is InChI=1S/C22H16ClF2N3O5S/c1-32-14-3-6-17(33-2)18(10-14)34(30,31)27-16-5-4-15(24)19(20(16)25)22(29)28-8-7-12-9-13(23)11-26-21(12)28/h3-11,27H,1-2H3. The number of methoxy groups -OCH3 is 2. The number of carbonyl (C=O) groups is 1. The van der Waals surface area contributed by atoms with E-state index in [1.54, 1.807) is 0 Å². The van der Waals surface area contributed by atoms with Crippen LogP contribution in [0.3, 0.4) is 0 Å². The molecule has 2 aromatic carbocycles. The lowest BCUT2D eigenvalue weighted by molar-refractivity contribution is 0.0956. The normalized spacial score (nSPS) is 11.4. The third kappa shape index (κ3) is 4.15. The number of anilines is 1. The average molecular weight is 508 g/mol. The lowest BCUT2D eigenvalue weighted by Gasteiger charge is -2.15. The van der Waals surface area contributed by atoms with Crippen molar-refractivity contribution in [3.63, 3.8) is 0 Å². The van der Waals surface area contributed by atoms with Crippen LogP contribution in [0.25, 0.3) is 11.0 Å². The van der Waals surface area contributed by atoms with Crippen molar-refractivity contribution in [2.75, 3.05) is 18.9 Å². The van der Waals surface area contributed by atoms with Crippen LogP contribution in [0, 0.1) is 11.6 Å². The van der Waals surface area contributed by atoms with Gasteiger partial charge in [-0.2, -0.15) is 0 Å². The van der Waals surface area contributed by atoms with Gasteiger partial charge in [-0.25, -0.2) is 22.2 Å². The first-order valence-electron chi connectivity index (χ1n) is 9.56. The molecular weight excluding hydrogens is 492 g/mol. The summed E-state index contributed by atoms with van der Waals surface area (Å²) in [7, 11) is -1.82. The summed E-state index contributed by atoms with van der Waals surface area (Å²) >= 11 is 5.89. The maximum absolute atomic E-state index is 15.3. The molecule has 12 heteroatoms. The summed E-state index contributed by atoms with van der Waals surface area (Å²) in [6, 6.07) is 8.72. The van der Waals surface area contributed by atoms with Crippen LogP contribution in [-0.4, -0.2) is 38.1 Å². The molecule has 0 unspecified atom stereocenters. The second-order valence-corrected chi connectivity index (χ2v) is 9.05. The van der Waals surface area contributed by atoms with Crippen LogP contribution >= 0.6 is 11.6 Å². The zero-order valence-electron chi connectivity index (χ0n) is 17.7. The summed E-state index contributed by atoms with van der Waals surface area (Å²) in [5, 5.41) is 0.795. The minimum atomic E-state index is -4.42. The van der Waals surface area contributed by atoms with Gasteiger partial charge < -0.3 is 9.47 Å². The number of sulfonamides is 1. The molecule has 8 nitrogen and oxygen atoms in total. The molecule has 0 saturated carbocycles. The van der Waals surface area contributed by atoms with Crippen LogP contribution in [0.1, 0.15) is 10.4 Å². The van der Waals surface area contributed by atoms with E-state index in [4.69, 9.17) is 21.1 Å². The molecule has 4 rings (SSSR count). The van der Waals surface area contributed by atoms with E-state index in [-0.39, 0.29) is 22.0 Å². The van der Waals surface area contributed by atoms with E-state index in [2.05, 4.69) is 4.98 Å². The molecular formula is C22H16ClF2N3O5S.